The van der Waals surface area contributed by atoms with Gasteiger partial charge in [0.25, 0.3) is 0 Å². The van der Waals surface area contributed by atoms with Crippen LogP contribution < -0.4 is 10.1 Å². The van der Waals surface area contributed by atoms with Crippen molar-refractivity contribution in [3.8, 4) is 5.75 Å². The first kappa shape index (κ1) is 14.7. The molecule has 106 valence electrons. The van der Waals surface area contributed by atoms with E-state index in [4.69, 9.17) is 0 Å². The molecule has 0 fully saturated rings. The quantitative estimate of drug-likeness (QED) is 0.840. The van der Waals surface area contributed by atoms with Gasteiger partial charge in [-0.2, -0.15) is 8.78 Å². The van der Waals surface area contributed by atoms with Crippen molar-refractivity contribution >= 4 is 21.6 Å². The molecule has 0 atom stereocenters. The number of ether oxygens (including phenoxy) is 1. The lowest BCUT2D eigenvalue weighted by molar-refractivity contribution is -0.0504. The lowest BCUT2D eigenvalue weighted by atomic mass is 10.2. The fourth-order valence-corrected chi connectivity index (χ4v) is 2.04. The highest BCUT2D eigenvalue weighted by Gasteiger charge is 2.09. The Labute approximate surface area is 122 Å². The Balaban J connectivity index is 2.08. The molecule has 0 aliphatic rings. The van der Waals surface area contributed by atoms with Gasteiger partial charge in [0.1, 0.15) is 11.6 Å². The third-order valence-corrected chi connectivity index (χ3v) is 3.20. The molecule has 0 saturated heterocycles. The summed E-state index contributed by atoms with van der Waals surface area (Å²) < 4.78 is 42.4. The molecule has 0 saturated carbocycles. The molecule has 0 aliphatic carbocycles. The van der Waals surface area contributed by atoms with Crippen molar-refractivity contribution in [1.82, 2.24) is 0 Å². The van der Waals surface area contributed by atoms with Crippen molar-refractivity contribution in [3.05, 3.63) is 58.3 Å². The number of hydrogen-bond acceptors (Lipinski definition) is 2. The minimum atomic E-state index is -2.86. The van der Waals surface area contributed by atoms with Gasteiger partial charge in [0, 0.05) is 17.8 Å². The largest absolute Gasteiger partial charge is 0.434 e. The molecule has 2 aromatic rings. The van der Waals surface area contributed by atoms with E-state index in [9.17, 15) is 13.2 Å². The van der Waals surface area contributed by atoms with Crippen LogP contribution in [-0.2, 0) is 6.54 Å². The smallest absolute Gasteiger partial charge is 0.387 e. The van der Waals surface area contributed by atoms with Crippen LogP contribution in [0, 0.1) is 5.82 Å². The van der Waals surface area contributed by atoms with Gasteiger partial charge in [-0.1, -0.05) is 18.2 Å². The molecule has 0 radical (unpaired) electrons. The molecule has 2 rings (SSSR count). The zero-order valence-corrected chi connectivity index (χ0v) is 11.8. The summed E-state index contributed by atoms with van der Waals surface area (Å²) in [5.41, 5.74) is 1.26. The van der Waals surface area contributed by atoms with E-state index in [-0.39, 0.29) is 11.6 Å². The van der Waals surface area contributed by atoms with Crippen LogP contribution in [0.2, 0.25) is 0 Å². The average molecular weight is 346 g/mol. The molecule has 0 aliphatic heterocycles. The number of benzene rings is 2. The normalized spacial score (nSPS) is 10.7. The van der Waals surface area contributed by atoms with E-state index in [1.54, 1.807) is 30.3 Å². The highest BCUT2D eigenvalue weighted by molar-refractivity contribution is 9.10. The van der Waals surface area contributed by atoms with E-state index >= 15 is 0 Å². The molecule has 0 amide bonds. The molecule has 2 aromatic carbocycles. The zero-order chi connectivity index (χ0) is 14.5. The number of rotatable bonds is 5. The molecule has 0 bridgehead atoms. The molecule has 0 unspecified atom stereocenters. The molecule has 0 aromatic heterocycles. The maximum Gasteiger partial charge on any atom is 0.387 e. The first-order chi connectivity index (χ1) is 9.56. The second-order valence-corrected chi connectivity index (χ2v) is 4.82. The summed E-state index contributed by atoms with van der Waals surface area (Å²) in [6, 6.07) is 11.0. The summed E-state index contributed by atoms with van der Waals surface area (Å²) in [5, 5.41) is 3.02. The van der Waals surface area contributed by atoms with Crippen LogP contribution in [0.15, 0.2) is 46.9 Å². The predicted octanol–water partition coefficient (Wildman–Crippen LogP) is 4.80. The van der Waals surface area contributed by atoms with Crippen LogP contribution in [0.3, 0.4) is 0 Å². The Bertz CT molecular complexity index is 592. The minimum absolute atomic E-state index is 0.121. The molecule has 20 heavy (non-hydrogen) atoms. The summed E-state index contributed by atoms with van der Waals surface area (Å²) in [5.74, 6) is -0.242. The minimum Gasteiger partial charge on any atom is -0.434 e. The SMILES string of the molecule is Fc1ccc(NCc2ccccc2OC(F)F)cc1Br. The monoisotopic (exact) mass is 345 g/mol. The summed E-state index contributed by atoms with van der Waals surface area (Å²) in [6.07, 6.45) is 0. The van der Waals surface area contributed by atoms with E-state index in [2.05, 4.69) is 26.0 Å². The third-order valence-electron chi connectivity index (χ3n) is 2.59. The Morgan fingerprint density at radius 2 is 1.90 bits per heavy atom. The second-order valence-electron chi connectivity index (χ2n) is 3.97. The molecule has 6 heteroatoms. The number of alkyl halides is 2. The lowest BCUT2D eigenvalue weighted by Gasteiger charge is -2.12. The maximum atomic E-state index is 13.1. The van der Waals surface area contributed by atoms with Crippen molar-refractivity contribution in [1.29, 1.82) is 0 Å². The van der Waals surface area contributed by atoms with Crippen molar-refractivity contribution < 1.29 is 17.9 Å². The van der Waals surface area contributed by atoms with Gasteiger partial charge in [-0.15, -0.1) is 0 Å². The van der Waals surface area contributed by atoms with Gasteiger partial charge in [0.15, 0.2) is 0 Å². The molecule has 0 spiro atoms. The Morgan fingerprint density at radius 3 is 2.60 bits per heavy atom. The van der Waals surface area contributed by atoms with Gasteiger partial charge < -0.3 is 10.1 Å². The molecular weight excluding hydrogens is 335 g/mol. The second kappa shape index (κ2) is 6.65. The highest BCUT2D eigenvalue weighted by atomic mass is 79.9. The van der Waals surface area contributed by atoms with Crippen molar-refractivity contribution in [2.75, 3.05) is 5.32 Å². The van der Waals surface area contributed by atoms with Gasteiger partial charge in [0.05, 0.1) is 4.47 Å². The van der Waals surface area contributed by atoms with Gasteiger partial charge >= 0.3 is 6.61 Å². The van der Waals surface area contributed by atoms with E-state index in [0.29, 0.717) is 22.3 Å². The van der Waals surface area contributed by atoms with E-state index in [1.807, 2.05) is 0 Å². The first-order valence-corrected chi connectivity index (χ1v) is 6.57. The predicted molar refractivity (Wildman–Crippen MR) is 74.5 cm³/mol. The van der Waals surface area contributed by atoms with Crippen molar-refractivity contribution in [2.45, 2.75) is 13.2 Å². The fraction of sp³-hybridized carbons (Fsp3) is 0.143. The highest BCUT2D eigenvalue weighted by Crippen LogP contribution is 2.23. The third kappa shape index (κ3) is 3.90. The van der Waals surface area contributed by atoms with Crippen LogP contribution in [0.5, 0.6) is 5.75 Å². The maximum absolute atomic E-state index is 13.1. The summed E-state index contributed by atoms with van der Waals surface area (Å²) in [7, 11) is 0. The van der Waals surface area contributed by atoms with Crippen LogP contribution in [0.1, 0.15) is 5.56 Å². The summed E-state index contributed by atoms with van der Waals surface area (Å²) in [4.78, 5) is 0. The van der Waals surface area contributed by atoms with E-state index in [1.165, 1.54) is 12.1 Å². The number of nitrogens with one attached hydrogen (secondary N) is 1. The first-order valence-electron chi connectivity index (χ1n) is 5.78. The van der Waals surface area contributed by atoms with Crippen LogP contribution >= 0.6 is 15.9 Å². The van der Waals surface area contributed by atoms with Gasteiger partial charge in [-0.05, 0) is 40.2 Å². The number of anilines is 1. The van der Waals surface area contributed by atoms with Gasteiger partial charge in [-0.25, -0.2) is 4.39 Å². The lowest BCUT2D eigenvalue weighted by Crippen LogP contribution is -2.07. The molecule has 0 heterocycles. The van der Waals surface area contributed by atoms with Crippen LogP contribution in [0.4, 0.5) is 18.9 Å². The molecule has 1 N–H and O–H groups in total. The zero-order valence-electron chi connectivity index (χ0n) is 10.2. The van der Waals surface area contributed by atoms with Crippen LogP contribution in [-0.4, -0.2) is 6.61 Å². The topological polar surface area (TPSA) is 21.3 Å². The van der Waals surface area contributed by atoms with Gasteiger partial charge in [0.2, 0.25) is 0 Å². The Kier molecular flexibility index (Phi) is 4.89. The van der Waals surface area contributed by atoms with Crippen molar-refractivity contribution in [3.63, 3.8) is 0 Å². The van der Waals surface area contributed by atoms with Gasteiger partial charge in [-0.3, -0.25) is 0 Å². The summed E-state index contributed by atoms with van der Waals surface area (Å²) >= 11 is 3.08. The standard InChI is InChI=1S/C14H11BrF3NO/c15-11-7-10(5-6-12(11)16)19-8-9-3-1-2-4-13(9)20-14(17)18/h1-7,14,19H,8H2. The van der Waals surface area contributed by atoms with E-state index < -0.39 is 6.61 Å². The number of hydrogen-bond donors (Lipinski definition) is 1. The number of halogens is 4. The van der Waals surface area contributed by atoms with Crippen LogP contribution in [0.25, 0.3) is 0 Å². The van der Waals surface area contributed by atoms with E-state index in [0.717, 1.165) is 0 Å². The Morgan fingerprint density at radius 1 is 1.15 bits per heavy atom. The fourth-order valence-electron chi connectivity index (χ4n) is 1.66. The average Bonchev–Trinajstić information content (AvgIpc) is 2.41. The number of para-hydroxylation sites is 1. The molecular formula is C14H11BrF3NO. The summed E-state index contributed by atoms with van der Waals surface area (Å²) in [6.45, 7) is -2.57. The molecule has 2 nitrogen and oxygen atoms in total. The van der Waals surface area contributed by atoms with Crippen molar-refractivity contribution in [2.24, 2.45) is 0 Å². The Hall–Kier alpha value is -1.69.